The minimum Gasteiger partial charge on any atom is -0.375 e. The van der Waals surface area contributed by atoms with Crippen molar-refractivity contribution in [1.82, 2.24) is 0 Å². The highest BCUT2D eigenvalue weighted by molar-refractivity contribution is 7.98. The average molecular weight is 339 g/mol. The first kappa shape index (κ1) is 17.0. The molecule has 0 fully saturated rings. The standard InChI is InChI=1S/C21H26N2S/c1-5-15-14-21(3,6-2)23-20-18(15)12-17(13-19(20)24-4)22-16-10-8-7-9-11-16/h7-14,22-23H,5-6H2,1-4H3. The van der Waals surface area contributed by atoms with E-state index in [9.17, 15) is 0 Å². The molecule has 24 heavy (non-hydrogen) atoms. The first-order chi connectivity index (χ1) is 11.6. The Labute approximate surface area is 149 Å². The van der Waals surface area contributed by atoms with Gasteiger partial charge >= 0.3 is 0 Å². The first-order valence-corrected chi connectivity index (χ1v) is 9.85. The Bertz CT molecular complexity index is 752. The third kappa shape index (κ3) is 3.32. The van der Waals surface area contributed by atoms with Crippen LogP contribution >= 0.6 is 11.8 Å². The molecule has 126 valence electrons. The van der Waals surface area contributed by atoms with E-state index in [2.05, 4.69) is 80.1 Å². The predicted octanol–water partition coefficient (Wildman–Crippen LogP) is 6.54. The van der Waals surface area contributed by atoms with Crippen LogP contribution in [0.25, 0.3) is 5.57 Å². The van der Waals surface area contributed by atoms with Gasteiger partial charge in [-0.2, -0.15) is 0 Å². The number of anilines is 3. The molecule has 0 aromatic heterocycles. The molecule has 0 amide bonds. The Kier molecular flexibility index (Phi) is 4.91. The molecule has 0 spiro atoms. The maximum Gasteiger partial charge on any atom is 0.0562 e. The normalized spacial score (nSPS) is 19.2. The Morgan fingerprint density at radius 3 is 2.46 bits per heavy atom. The van der Waals surface area contributed by atoms with Gasteiger partial charge in [0.2, 0.25) is 0 Å². The summed E-state index contributed by atoms with van der Waals surface area (Å²) in [6.45, 7) is 6.77. The number of allylic oxidation sites excluding steroid dienone is 1. The molecule has 1 unspecified atom stereocenters. The molecule has 2 nitrogen and oxygen atoms in total. The molecular formula is C21H26N2S. The molecule has 0 radical (unpaired) electrons. The molecule has 0 bridgehead atoms. The van der Waals surface area contributed by atoms with Gasteiger partial charge in [-0.05, 0) is 55.9 Å². The van der Waals surface area contributed by atoms with Crippen molar-refractivity contribution in [3.63, 3.8) is 0 Å². The van der Waals surface area contributed by atoms with Gasteiger partial charge in [0.15, 0.2) is 0 Å². The second-order valence-electron chi connectivity index (χ2n) is 6.51. The van der Waals surface area contributed by atoms with Crippen LogP contribution in [0.4, 0.5) is 17.1 Å². The van der Waals surface area contributed by atoms with Crippen LogP contribution in [0.3, 0.4) is 0 Å². The van der Waals surface area contributed by atoms with E-state index >= 15 is 0 Å². The van der Waals surface area contributed by atoms with E-state index < -0.39 is 0 Å². The lowest BCUT2D eigenvalue weighted by atomic mass is 9.86. The largest absolute Gasteiger partial charge is 0.375 e. The van der Waals surface area contributed by atoms with Gasteiger partial charge in [0.05, 0.1) is 11.2 Å². The number of benzene rings is 2. The number of hydrogen-bond acceptors (Lipinski definition) is 3. The number of para-hydroxylation sites is 1. The zero-order valence-electron chi connectivity index (χ0n) is 14.9. The number of nitrogens with one attached hydrogen (secondary N) is 2. The first-order valence-electron chi connectivity index (χ1n) is 8.63. The van der Waals surface area contributed by atoms with Gasteiger partial charge in [-0.25, -0.2) is 0 Å². The van der Waals surface area contributed by atoms with Crippen LogP contribution in [0.1, 0.15) is 39.2 Å². The second kappa shape index (κ2) is 6.94. The summed E-state index contributed by atoms with van der Waals surface area (Å²) < 4.78 is 0. The highest BCUT2D eigenvalue weighted by atomic mass is 32.2. The third-order valence-electron chi connectivity index (χ3n) is 4.75. The van der Waals surface area contributed by atoms with Crippen molar-refractivity contribution < 1.29 is 0 Å². The van der Waals surface area contributed by atoms with Gasteiger partial charge in [-0.1, -0.05) is 38.1 Å². The third-order valence-corrected chi connectivity index (χ3v) is 5.51. The smallest absolute Gasteiger partial charge is 0.0562 e. The topological polar surface area (TPSA) is 24.1 Å². The van der Waals surface area contributed by atoms with Crippen LogP contribution in [-0.4, -0.2) is 11.8 Å². The zero-order valence-corrected chi connectivity index (χ0v) is 15.8. The van der Waals surface area contributed by atoms with Crippen LogP contribution in [-0.2, 0) is 0 Å². The summed E-state index contributed by atoms with van der Waals surface area (Å²) in [6.07, 6.45) is 6.68. The van der Waals surface area contributed by atoms with Crippen LogP contribution < -0.4 is 10.6 Å². The fourth-order valence-electron chi connectivity index (χ4n) is 3.19. The Morgan fingerprint density at radius 2 is 1.83 bits per heavy atom. The van der Waals surface area contributed by atoms with E-state index in [4.69, 9.17) is 0 Å². The molecule has 0 aliphatic carbocycles. The molecule has 2 aromatic rings. The maximum atomic E-state index is 3.77. The Balaban J connectivity index is 2.06. The molecule has 3 heteroatoms. The van der Waals surface area contributed by atoms with Crippen LogP contribution in [0.15, 0.2) is 53.4 Å². The van der Waals surface area contributed by atoms with Gasteiger partial charge in [-0.15, -0.1) is 11.8 Å². The molecule has 0 saturated heterocycles. The van der Waals surface area contributed by atoms with Crippen molar-refractivity contribution in [3.8, 4) is 0 Å². The fourth-order valence-corrected chi connectivity index (χ4v) is 3.80. The highest BCUT2D eigenvalue weighted by Crippen LogP contribution is 2.43. The number of rotatable bonds is 5. The SMILES string of the molecule is CCC1=CC(C)(CC)Nc2c(SC)cc(Nc3ccccc3)cc21. The van der Waals surface area contributed by atoms with Crippen molar-refractivity contribution in [1.29, 1.82) is 0 Å². The summed E-state index contributed by atoms with van der Waals surface area (Å²) in [5.74, 6) is 0. The van der Waals surface area contributed by atoms with E-state index in [1.54, 1.807) is 11.8 Å². The predicted molar refractivity (Wildman–Crippen MR) is 109 cm³/mol. The average Bonchev–Trinajstić information content (AvgIpc) is 2.61. The van der Waals surface area contributed by atoms with Gasteiger partial charge < -0.3 is 10.6 Å². The maximum absolute atomic E-state index is 3.77. The van der Waals surface area contributed by atoms with E-state index in [0.717, 1.165) is 24.2 Å². The van der Waals surface area contributed by atoms with Crippen LogP contribution in [0, 0.1) is 0 Å². The van der Waals surface area contributed by atoms with Gasteiger partial charge in [0.25, 0.3) is 0 Å². The monoisotopic (exact) mass is 338 g/mol. The Hall–Kier alpha value is -1.87. The van der Waals surface area contributed by atoms with Crippen LogP contribution in [0.2, 0.25) is 0 Å². The van der Waals surface area contributed by atoms with Crippen molar-refractivity contribution in [3.05, 3.63) is 54.1 Å². The number of hydrogen-bond donors (Lipinski definition) is 2. The minimum atomic E-state index is 0.0389. The van der Waals surface area contributed by atoms with E-state index in [-0.39, 0.29) is 5.54 Å². The van der Waals surface area contributed by atoms with Crippen molar-refractivity contribution in [2.24, 2.45) is 0 Å². The molecule has 1 heterocycles. The van der Waals surface area contributed by atoms with E-state index in [1.807, 2.05) is 6.07 Å². The van der Waals surface area contributed by atoms with Gasteiger partial charge in [-0.3, -0.25) is 0 Å². The molecule has 1 aliphatic heterocycles. The molecule has 1 atom stereocenters. The summed E-state index contributed by atoms with van der Waals surface area (Å²) in [4.78, 5) is 1.30. The summed E-state index contributed by atoms with van der Waals surface area (Å²) in [7, 11) is 0. The summed E-state index contributed by atoms with van der Waals surface area (Å²) in [5.41, 5.74) is 6.34. The summed E-state index contributed by atoms with van der Waals surface area (Å²) in [6, 6.07) is 14.9. The number of fused-ring (bicyclic) bond motifs is 1. The lowest BCUT2D eigenvalue weighted by molar-refractivity contribution is 0.605. The number of thioether (sulfide) groups is 1. The lowest BCUT2D eigenvalue weighted by Crippen LogP contribution is -2.35. The summed E-state index contributed by atoms with van der Waals surface area (Å²) >= 11 is 1.80. The van der Waals surface area contributed by atoms with Gasteiger partial charge in [0.1, 0.15) is 0 Å². The quantitative estimate of drug-likeness (QED) is 0.605. The van der Waals surface area contributed by atoms with Crippen molar-refractivity contribution in [2.75, 3.05) is 16.9 Å². The van der Waals surface area contributed by atoms with E-state index in [0.29, 0.717) is 0 Å². The van der Waals surface area contributed by atoms with Crippen molar-refractivity contribution in [2.45, 2.75) is 44.0 Å². The molecule has 0 saturated carbocycles. The van der Waals surface area contributed by atoms with Crippen LogP contribution in [0.5, 0.6) is 0 Å². The molecule has 2 N–H and O–H groups in total. The highest BCUT2D eigenvalue weighted by Gasteiger charge is 2.28. The molecule has 1 aliphatic rings. The molecule has 3 rings (SSSR count). The second-order valence-corrected chi connectivity index (χ2v) is 7.36. The zero-order chi connectivity index (χ0) is 17.2. The summed E-state index contributed by atoms with van der Waals surface area (Å²) in [5, 5.41) is 7.31. The minimum absolute atomic E-state index is 0.0389. The van der Waals surface area contributed by atoms with Gasteiger partial charge in [0, 0.05) is 21.8 Å². The van der Waals surface area contributed by atoms with Crippen molar-refractivity contribution >= 4 is 34.4 Å². The van der Waals surface area contributed by atoms with E-state index in [1.165, 1.54) is 21.7 Å². The Morgan fingerprint density at radius 1 is 1.08 bits per heavy atom. The fraction of sp³-hybridized carbons (Fsp3) is 0.333. The molecule has 2 aromatic carbocycles. The lowest BCUT2D eigenvalue weighted by Gasteiger charge is -2.36. The molecular weight excluding hydrogens is 312 g/mol.